The maximum atomic E-state index is 5.36. The smallest absolute Gasteiger partial charge is 0.194 e. The first-order valence-corrected chi connectivity index (χ1v) is 9.05. The highest BCUT2D eigenvalue weighted by molar-refractivity contribution is 9.11. The molecule has 1 N–H and O–H groups in total. The SMILES string of the molecule is COCCN=C(NCCc1ccco1)N(C)Cc1ccc(Br)s1. The lowest BCUT2D eigenvalue weighted by molar-refractivity contribution is 0.207. The number of hydrogen-bond acceptors (Lipinski definition) is 4. The average molecular weight is 400 g/mol. The Bertz CT molecular complexity index is 598. The molecule has 7 heteroatoms. The third-order valence-electron chi connectivity index (χ3n) is 3.18. The van der Waals surface area contributed by atoms with E-state index < -0.39 is 0 Å². The molecular weight excluding hydrogens is 378 g/mol. The predicted molar refractivity (Wildman–Crippen MR) is 98.1 cm³/mol. The lowest BCUT2D eigenvalue weighted by Gasteiger charge is -2.22. The zero-order valence-electron chi connectivity index (χ0n) is 13.4. The highest BCUT2D eigenvalue weighted by atomic mass is 79.9. The summed E-state index contributed by atoms with van der Waals surface area (Å²) in [6, 6.07) is 8.08. The van der Waals surface area contributed by atoms with Crippen molar-refractivity contribution in [2.75, 3.05) is 33.9 Å². The maximum absolute atomic E-state index is 5.36. The minimum Gasteiger partial charge on any atom is -0.469 e. The number of furan rings is 1. The predicted octanol–water partition coefficient (Wildman–Crippen LogP) is 3.37. The van der Waals surface area contributed by atoms with E-state index in [-0.39, 0.29) is 0 Å². The van der Waals surface area contributed by atoms with Crippen LogP contribution in [-0.2, 0) is 17.7 Å². The van der Waals surface area contributed by atoms with Gasteiger partial charge in [0.05, 0.1) is 29.7 Å². The van der Waals surface area contributed by atoms with Crippen LogP contribution in [0.2, 0.25) is 0 Å². The number of nitrogens with zero attached hydrogens (tertiary/aromatic N) is 2. The quantitative estimate of drug-likeness (QED) is 0.419. The fourth-order valence-corrected chi connectivity index (χ4v) is 3.59. The largest absolute Gasteiger partial charge is 0.469 e. The summed E-state index contributed by atoms with van der Waals surface area (Å²) in [5, 5.41) is 3.40. The molecule has 0 radical (unpaired) electrons. The van der Waals surface area contributed by atoms with Crippen molar-refractivity contribution in [2.24, 2.45) is 4.99 Å². The Kier molecular flexibility index (Phi) is 7.64. The van der Waals surface area contributed by atoms with Crippen LogP contribution in [0, 0.1) is 0 Å². The van der Waals surface area contributed by atoms with E-state index in [1.54, 1.807) is 24.7 Å². The van der Waals surface area contributed by atoms with Gasteiger partial charge in [0.1, 0.15) is 5.76 Å². The van der Waals surface area contributed by atoms with Gasteiger partial charge in [0, 0.05) is 32.0 Å². The Balaban J connectivity index is 1.90. The molecule has 5 nitrogen and oxygen atoms in total. The number of halogens is 1. The number of ether oxygens (including phenoxy) is 1. The Morgan fingerprint density at radius 2 is 2.30 bits per heavy atom. The number of hydrogen-bond donors (Lipinski definition) is 1. The van der Waals surface area contributed by atoms with E-state index in [4.69, 9.17) is 9.15 Å². The molecule has 0 aliphatic heterocycles. The van der Waals surface area contributed by atoms with Gasteiger partial charge in [-0.2, -0.15) is 0 Å². The van der Waals surface area contributed by atoms with Crippen LogP contribution in [0.25, 0.3) is 0 Å². The lowest BCUT2D eigenvalue weighted by atomic mass is 10.3. The summed E-state index contributed by atoms with van der Waals surface area (Å²) in [5.41, 5.74) is 0. The third kappa shape index (κ3) is 6.37. The van der Waals surface area contributed by atoms with Crippen molar-refractivity contribution in [1.29, 1.82) is 0 Å². The van der Waals surface area contributed by atoms with Gasteiger partial charge in [-0.25, -0.2) is 0 Å². The van der Waals surface area contributed by atoms with E-state index >= 15 is 0 Å². The fourth-order valence-electron chi connectivity index (χ4n) is 2.05. The molecule has 0 amide bonds. The Hall–Kier alpha value is -1.31. The molecule has 0 atom stereocenters. The van der Waals surface area contributed by atoms with Crippen molar-refractivity contribution in [3.8, 4) is 0 Å². The molecule has 2 aromatic rings. The van der Waals surface area contributed by atoms with Gasteiger partial charge in [-0.15, -0.1) is 11.3 Å². The molecule has 2 heterocycles. The van der Waals surface area contributed by atoms with Crippen molar-refractivity contribution in [2.45, 2.75) is 13.0 Å². The van der Waals surface area contributed by atoms with Crippen LogP contribution in [0.5, 0.6) is 0 Å². The normalized spacial score (nSPS) is 11.7. The molecule has 0 aliphatic rings. The van der Waals surface area contributed by atoms with Gasteiger partial charge in [0.25, 0.3) is 0 Å². The number of nitrogens with one attached hydrogen (secondary N) is 1. The highest BCUT2D eigenvalue weighted by Crippen LogP contribution is 2.22. The zero-order valence-corrected chi connectivity index (χ0v) is 15.8. The van der Waals surface area contributed by atoms with E-state index in [9.17, 15) is 0 Å². The van der Waals surface area contributed by atoms with Crippen molar-refractivity contribution in [1.82, 2.24) is 10.2 Å². The fraction of sp³-hybridized carbons (Fsp3) is 0.438. The molecule has 23 heavy (non-hydrogen) atoms. The topological polar surface area (TPSA) is 50.0 Å². The van der Waals surface area contributed by atoms with Crippen LogP contribution in [0.3, 0.4) is 0 Å². The van der Waals surface area contributed by atoms with Crippen LogP contribution < -0.4 is 5.32 Å². The van der Waals surface area contributed by atoms with Crippen LogP contribution in [0.15, 0.2) is 43.7 Å². The highest BCUT2D eigenvalue weighted by Gasteiger charge is 2.09. The summed E-state index contributed by atoms with van der Waals surface area (Å²) in [5.74, 6) is 1.84. The lowest BCUT2D eigenvalue weighted by Crippen LogP contribution is -2.39. The summed E-state index contributed by atoms with van der Waals surface area (Å²) in [6.45, 7) is 2.84. The van der Waals surface area contributed by atoms with E-state index in [1.165, 1.54) is 4.88 Å². The number of thiophene rings is 1. The van der Waals surface area contributed by atoms with Gasteiger partial charge in [0.2, 0.25) is 0 Å². The van der Waals surface area contributed by atoms with E-state index in [0.717, 1.165) is 35.0 Å². The third-order valence-corrected chi connectivity index (χ3v) is 4.78. The van der Waals surface area contributed by atoms with Gasteiger partial charge in [-0.3, -0.25) is 4.99 Å². The molecule has 0 unspecified atom stereocenters. The number of aliphatic imine (C=N–C) groups is 1. The summed E-state index contributed by atoms with van der Waals surface area (Å²) in [4.78, 5) is 8.01. The van der Waals surface area contributed by atoms with E-state index in [1.807, 2.05) is 19.2 Å². The summed E-state index contributed by atoms with van der Waals surface area (Å²) in [6.07, 6.45) is 2.53. The molecule has 0 saturated heterocycles. The molecule has 0 aromatic carbocycles. The van der Waals surface area contributed by atoms with Crippen molar-refractivity contribution < 1.29 is 9.15 Å². The van der Waals surface area contributed by atoms with Crippen LogP contribution in [0.4, 0.5) is 0 Å². The number of rotatable bonds is 8. The van der Waals surface area contributed by atoms with Gasteiger partial charge in [0.15, 0.2) is 5.96 Å². The van der Waals surface area contributed by atoms with E-state index in [0.29, 0.717) is 13.2 Å². The molecule has 0 spiro atoms. The number of methoxy groups -OCH3 is 1. The summed E-state index contributed by atoms with van der Waals surface area (Å²) >= 11 is 5.24. The van der Waals surface area contributed by atoms with Crippen molar-refractivity contribution in [3.63, 3.8) is 0 Å². The van der Waals surface area contributed by atoms with Crippen LogP contribution in [-0.4, -0.2) is 44.7 Å². The minimum atomic E-state index is 0.613. The van der Waals surface area contributed by atoms with Gasteiger partial charge >= 0.3 is 0 Å². The summed E-state index contributed by atoms with van der Waals surface area (Å²) < 4.78 is 11.6. The molecule has 2 aromatic heterocycles. The first-order valence-electron chi connectivity index (χ1n) is 7.44. The van der Waals surface area contributed by atoms with Crippen molar-refractivity contribution >= 4 is 33.2 Å². The second-order valence-corrected chi connectivity index (χ2v) is 7.56. The first-order chi connectivity index (χ1) is 11.2. The van der Waals surface area contributed by atoms with Crippen molar-refractivity contribution in [3.05, 3.63) is 45.0 Å². The van der Waals surface area contributed by atoms with Gasteiger partial charge in [-0.05, 0) is 40.2 Å². The van der Waals surface area contributed by atoms with Crippen LogP contribution in [0.1, 0.15) is 10.6 Å². The first kappa shape index (κ1) is 18.0. The molecule has 0 saturated carbocycles. The standard InChI is InChI=1S/C16H22BrN3O2S/c1-20(12-14-5-6-15(17)23-14)16(19-9-11-21-2)18-8-7-13-4-3-10-22-13/h3-6,10H,7-9,11-12H2,1-2H3,(H,18,19). The molecule has 126 valence electrons. The Morgan fingerprint density at radius 1 is 1.43 bits per heavy atom. The van der Waals surface area contributed by atoms with Crippen LogP contribution >= 0.6 is 27.3 Å². The van der Waals surface area contributed by atoms with E-state index in [2.05, 4.69) is 43.3 Å². The monoisotopic (exact) mass is 399 g/mol. The second kappa shape index (κ2) is 9.75. The maximum Gasteiger partial charge on any atom is 0.194 e. The molecular formula is C16H22BrN3O2S. The van der Waals surface area contributed by atoms with Gasteiger partial charge in [-0.1, -0.05) is 0 Å². The average Bonchev–Trinajstić information content (AvgIpc) is 3.17. The zero-order chi connectivity index (χ0) is 16.5. The molecule has 0 fully saturated rings. The molecule has 0 bridgehead atoms. The number of guanidine groups is 1. The van der Waals surface area contributed by atoms with Gasteiger partial charge < -0.3 is 19.4 Å². The summed E-state index contributed by atoms with van der Waals surface area (Å²) in [7, 11) is 3.73. The molecule has 0 aliphatic carbocycles. The minimum absolute atomic E-state index is 0.613. The molecule has 2 rings (SSSR count). The Labute approximate surface area is 149 Å². The Morgan fingerprint density at radius 3 is 2.96 bits per heavy atom. The second-order valence-electron chi connectivity index (χ2n) is 5.02.